The molecule has 2 fully saturated rings. The zero-order valence-corrected chi connectivity index (χ0v) is 18.2. The number of nitrogens with two attached hydrogens (primary N) is 1. The Kier molecular flexibility index (Phi) is 7.22. The van der Waals surface area contributed by atoms with E-state index in [-0.39, 0.29) is 35.6 Å². The van der Waals surface area contributed by atoms with E-state index in [1.165, 1.54) is 25.9 Å². The van der Waals surface area contributed by atoms with Crippen LogP contribution in [-0.2, 0) is 4.74 Å². The molecule has 4 rings (SSSR count). The van der Waals surface area contributed by atoms with E-state index in [0.717, 1.165) is 50.3 Å². The minimum Gasteiger partial charge on any atom is -0.493 e. The molecule has 0 saturated carbocycles. The van der Waals surface area contributed by atoms with Crippen molar-refractivity contribution in [3.8, 4) is 5.75 Å². The Balaban J connectivity index is 0.00000210. The molecule has 0 amide bonds. The summed E-state index contributed by atoms with van der Waals surface area (Å²) in [5, 5.41) is 3.42. The van der Waals surface area contributed by atoms with Gasteiger partial charge in [0, 0.05) is 30.7 Å². The van der Waals surface area contributed by atoms with Crippen LogP contribution in [0, 0.1) is 0 Å². The minimum atomic E-state index is 0. The van der Waals surface area contributed by atoms with E-state index >= 15 is 0 Å². The number of rotatable bonds is 4. The summed E-state index contributed by atoms with van der Waals surface area (Å²) < 4.78 is 11.3. The maximum Gasteiger partial charge on any atom is 0.189 e. The van der Waals surface area contributed by atoms with E-state index in [1.54, 1.807) is 0 Å². The second kappa shape index (κ2) is 9.43. The predicted molar refractivity (Wildman–Crippen MR) is 118 cm³/mol. The molecule has 2 saturated heterocycles. The third-order valence-electron chi connectivity index (χ3n) is 6.02. The summed E-state index contributed by atoms with van der Waals surface area (Å²) in [6.07, 6.45) is 5.57. The molecule has 0 aromatic heterocycles. The number of hydrogen-bond acceptors (Lipinski definition) is 4. The molecule has 7 heteroatoms. The minimum absolute atomic E-state index is 0. The van der Waals surface area contributed by atoms with Crippen molar-refractivity contribution in [1.82, 2.24) is 10.2 Å². The monoisotopic (exact) mass is 486 g/mol. The van der Waals surface area contributed by atoms with E-state index < -0.39 is 0 Å². The quantitative estimate of drug-likeness (QED) is 0.389. The molecule has 3 aliphatic rings. The number of guanidine groups is 1. The fraction of sp³-hybridized carbons (Fsp3) is 0.650. The fourth-order valence-electron chi connectivity index (χ4n) is 4.47. The van der Waals surface area contributed by atoms with Crippen LogP contribution in [0.5, 0.6) is 5.75 Å². The van der Waals surface area contributed by atoms with Gasteiger partial charge in [-0.05, 0) is 44.8 Å². The van der Waals surface area contributed by atoms with Crippen LogP contribution in [0.1, 0.15) is 43.7 Å². The van der Waals surface area contributed by atoms with Gasteiger partial charge in [-0.25, -0.2) is 0 Å². The highest BCUT2D eigenvalue weighted by Gasteiger charge is 2.39. The number of para-hydroxylation sites is 1. The summed E-state index contributed by atoms with van der Waals surface area (Å²) in [7, 11) is 0. The van der Waals surface area contributed by atoms with Crippen molar-refractivity contribution in [2.75, 3.05) is 39.5 Å². The summed E-state index contributed by atoms with van der Waals surface area (Å²) >= 11 is 0. The van der Waals surface area contributed by atoms with Crippen molar-refractivity contribution in [3.05, 3.63) is 29.8 Å². The number of ether oxygens (including phenoxy) is 2. The standard InChI is InChI=1S/C20H30N4O2.HI/c21-19(23-17-7-12-26-18-6-2-1-5-16(17)18)22-15-20(8-13-25-14-9-20)24-10-3-4-11-24;/h1-2,5-6,17H,3-4,7-15H2,(H3,21,22,23);1H. The lowest BCUT2D eigenvalue weighted by atomic mass is 9.88. The largest absolute Gasteiger partial charge is 0.493 e. The number of nitrogens with one attached hydrogen (secondary N) is 1. The van der Waals surface area contributed by atoms with Gasteiger partial charge in [0.2, 0.25) is 0 Å². The first-order chi connectivity index (χ1) is 12.8. The van der Waals surface area contributed by atoms with Gasteiger partial charge in [-0.2, -0.15) is 0 Å². The lowest BCUT2D eigenvalue weighted by Crippen LogP contribution is -2.53. The fourth-order valence-corrected chi connectivity index (χ4v) is 4.47. The average Bonchev–Trinajstić information content (AvgIpc) is 3.23. The summed E-state index contributed by atoms with van der Waals surface area (Å²) in [6, 6.07) is 8.33. The van der Waals surface area contributed by atoms with Crippen LogP contribution in [-0.4, -0.2) is 55.9 Å². The molecule has 0 aliphatic carbocycles. The molecule has 1 atom stereocenters. The normalized spacial score (nSPS) is 25.2. The molecular weight excluding hydrogens is 455 g/mol. The van der Waals surface area contributed by atoms with Gasteiger partial charge in [-0.1, -0.05) is 18.2 Å². The molecule has 3 aliphatic heterocycles. The highest BCUT2D eigenvalue weighted by molar-refractivity contribution is 14.0. The third-order valence-corrected chi connectivity index (χ3v) is 6.02. The number of benzene rings is 1. The highest BCUT2D eigenvalue weighted by atomic mass is 127. The van der Waals surface area contributed by atoms with Crippen LogP contribution < -0.4 is 15.8 Å². The molecule has 3 N–H and O–H groups in total. The van der Waals surface area contributed by atoms with Crippen molar-refractivity contribution in [1.29, 1.82) is 0 Å². The zero-order valence-electron chi connectivity index (χ0n) is 15.9. The Morgan fingerprint density at radius 1 is 1.19 bits per heavy atom. The van der Waals surface area contributed by atoms with Gasteiger partial charge in [0.05, 0.1) is 19.2 Å². The zero-order chi connectivity index (χ0) is 17.8. The average molecular weight is 486 g/mol. The summed E-state index contributed by atoms with van der Waals surface area (Å²) in [4.78, 5) is 7.40. The molecule has 1 unspecified atom stereocenters. The molecule has 1 aromatic rings. The number of nitrogens with zero attached hydrogens (tertiary/aromatic N) is 2. The number of hydrogen-bond donors (Lipinski definition) is 2. The van der Waals surface area contributed by atoms with Crippen LogP contribution in [0.2, 0.25) is 0 Å². The van der Waals surface area contributed by atoms with Crippen molar-refractivity contribution in [2.24, 2.45) is 10.7 Å². The molecule has 150 valence electrons. The first-order valence-electron chi connectivity index (χ1n) is 9.88. The van der Waals surface area contributed by atoms with Gasteiger partial charge in [0.25, 0.3) is 0 Å². The lowest BCUT2D eigenvalue weighted by Gasteiger charge is -2.43. The van der Waals surface area contributed by atoms with Crippen molar-refractivity contribution < 1.29 is 9.47 Å². The number of aliphatic imine (C=N–C) groups is 1. The van der Waals surface area contributed by atoms with Crippen molar-refractivity contribution in [2.45, 2.75) is 43.7 Å². The molecule has 6 nitrogen and oxygen atoms in total. The van der Waals surface area contributed by atoms with Crippen molar-refractivity contribution >= 4 is 29.9 Å². The van der Waals surface area contributed by atoms with Gasteiger partial charge in [-0.15, -0.1) is 24.0 Å². The van der Waals surface area contributed by atoms with E-state index in [0.29, 0.717) is 12.6 Å². The van der Waals surface area contributed by atoms with Crippen LogP contribution in [0.15, 0.2) is 29.3 Å². The van der Waals surface area contributed by atoms with Gasteiger partial charge in [0.15, 0.2) is 5.96 Å². The number of fused-ring (bicyclic) bond motifs is 1. The first kappa shape index (κ1) is 20.7. The van der Waals surface area contributed by atoms with Crippen molar-refractivity contribution in [3.63, 3.8) is 0 Å². The van der Waals surface area contributed by atoms with Gasteiger partial charge >= 0.3 is 0 Å². The Labute approximate surface area is 178 Å². The van der Waals surface area contributed by atoms with E-state index in [2.05, 4.69) is 16.3 Å². The number of halogens is 1. The molecule has 0 bridgehead atoms. The van der Waals surface area contributed by atoms with Crippen LogP contribution in [0.4, 0.5) is 0 Å². The van der Waals surface area contributed by atoms with Crippen LogP contribution in [0.3, 0.4) is 0 Å². The number of likely N-dealkylation sites (tertiary alicyclic amines) is 1. The maximum absolute atomic E-state index is 6.28. The first-order valence-corrected chi connectivity index (χ1v) is 9.88. The van der Waals surface area contributed by atoms with Gasteiger partial charge in [-0.3, -0.25) is 9.89 Å². The van der Waals surface area contributed by atoms with E-state index in [9.17, 15) is 0 Å². The van der Waals surface area contributed by atoms with Gasteiger partial charge in [0.1, 0.15) is 5.75 Å². The third kappa shape index (κ3) is 4.68. The molecule has 1 aromatic carbocycles. The maximum atomic E-state index is 6.28. The van der Waals surface area contributed by atoms with E-state index in [4.69, 9.17) is 20.2 Å². The second-order valence-electron chi connectivity index (χ2n) is 7.60. The molecule has 27 heavy (non-hydrogen) atoms. The molecule has 3 heterocycles. The topological polar surface area (TPSA) is 72.1 Å². The smallest absolute Gasteiger partial charge is 0.189 e. The molecule has 0 spiro atoms. The summed E-state index contributed by atoms with van der Waals surface area (Å²) in [5.74, 6) is 1.48. The van der Waals surface area contributed by atoms with E-state index in [1.807, 2.05) is 18.2 Å². The lowest BCUT2D eigenvalue weighted by molar-refractivity contribution is -0.0138. The summed E-state index contributed by atoms with van der Waals surface area (Å²) in [5.41, 5.74) is 7.57. The predicted octanol–water partition coefficient (Wildman–Crippen LogP) is 2.68. The second-order valence-corrected chi connectivity index (χ2v) is 7.60. The highest BCUT2D eigenvalue weighted by Crippen LogP contribution is 2.33. The van der Waals surface area contributed by atoms with Crippen LogP contribution >= 0.6 is 24.0 Å². The Hall–Kier alpha value is -1.06. The SMILES string of the molecule is I.NC(=NCC1(N2CCCC2)CCOCC1)NC1CCOc2ccccc21. The molecule has 0 radical (unpaired) electrons. The Morgan fingerprint density at radius 3 is 2.70 bits per heavy atom. The summed E-state index contributed by atoms with van der Waals surface area (Å²) in [6.45, 7) is 5.46. The Bertz CT molecular complexity index is 643. The van der Waals surface area contributed by atoms with Gasteiger partial charge < -0.3 is 20.5 Å². The van der Waals surface area contributed by atoms with Crippen LogP contribution in [0.25, 0.3) is 0 Å². The Morgan fingerprint density at radius 2 is 1.93 bits per heavy atom. The molecular formula is C20H31IN4O2.